The Morgan fingerprint density at radius 2 is 1.81 bits per heavy atom. The van der Waals surface area contributed by atoms with Crippen LogP contribution in [-0.2, 0) is 5.75 Å². The average molecular weight is 441 g/mol. The summed E-state index contributed by atoms with van der Waals surface area (Å²) in [6.07, 6.45) is 3.69. The number of benzene rings is 2. The van der Waals surface area contributed by atoms with Gasteiger partial charge in [-0.3, -0.25) is 0 Å². The molecule has 0 unspecified atom stereocenters. The first-order valence-electron chi connectivity index (χ1n) is 10.6. The maximum absolute atomic E-state index is 5.95. The molecule has 0 amide bonds. The number of aromatic nitrogens is 4. The van der Waals surface area contributed by atoms with Crippen LogP contribution < -0.4 is 0 Å². The molecule has 5 aromatic rings. The zero-order valence-electron chi connectivity index (χ0n) is 18.6. The van der Waals surface area contributed by atoms with E-state index in [1.807, 2.05) is 29.8 Å². The first-order chi connectivity index (χ1) is 15.5. The van der Waals surface area contributed by atoms with E-state index >= 15 is 0 Å². The van der Waals surface area contributed by atoms with E-state index in [1.54, 1.807) is 18.0 Å². The van der Waals surface area contributed by atoms with Crippen molar-refractivity contribution in [2.45, 2.75) is 38.5 Å². The normalized spacial score (nSPS) is 11.4. The molecule has 32 heavy (non-hydrogen) atoms. The molecule has 0 atom stereocenters. The lowest BCUT2D eigenvalue weighted by Gasteiger charge is -2.02. The minimum absolute atomic E-state index is 0.662. The van der Waals surface area contributed by atoms with E-state index in [4.69, 9.17) is 14.5 Å². The smallest absolute Gasteiger partial charge is 0.226 e. The number of fused-ring (bicyclic) bond motifs is 1. The molecule has 0 spiro atoms. The number of thioether (sulfide) groups is 1. The van der Waals surface area contributed by atoms with Crippen LogP contribution in [0.4, 0.5) is 0 Å². The van der Waals surface area contributed by atoms with E-state index in [1.165, 1.54) is 16.7 Å². The summed E-state index contributed by atoms with van der Waals surface area (Å²) < 4.78 is 7.85. The third kappa shape index (κ3) is 3.94. The van der Waals surface area contributed by atoms with Gasteiger partial charge in [-0.05, 0) is 51.5 Å². The van der Waals surface area contributed by atoms with Crippen LogP contribution in [0.3, 0.4) is 0 Å². The standard InChI is InChI=1S/C26H24N4OS/c1-16-6-5-7-20(13-16)25-28-23(19(4)31-25)15-32-26-24-14-22(29-30(24)11-10-27-26)21-9-8-17(2)12-18(21)3/h5-14H,15H2,1-4H3. The fourth-order valence-electron chi connectivity index (χ4n) is 3.84. The summed E-state index contributed by atoms with van der Waals surface area (Å²) in [5.74, 6) is 2.18. The van der Waals surface area contributed by atoms with Gasteiger partial charge in [0.1, 0.15) is 10.8 Å². The van der Waals surface area contributed by atoms with E-state index in [2.05, 4.69) is 62.2 Å². The molecule has 0 aliphatic heterocycles. The summed E-state index contributed by atoms with van der Waals surface area (Å²) in [4.78, 5) is 9.37. The summed E-state index contributed by atoms with van der Waals surface area (Å²) >= 11 is 1.65. The molecule has 0 bridgehead atoms. The quantitative estimate of drug-likeness (QED) is 0.289. The molecule has 0 aliphatic carbocycles. The third-order valence-electron chi connectivity index (χ3n) is 5.52. The highest BCUT2D eigenvalue weighted by Gasteiger charge is 2.15. The van der Waals surface area contributed by atoms with Gasteiger partial charge in [0.15, 0.2) is 0 Å². The highest BCUT2D eigenvalue weighted by atomic mass is 32.2. The molecule has 0 saturated heterocycles. The van der Waals surface area contributed by atoms with E-state index in [0.717, 1.165) is 38.8 Å². The Morgan fingerprint density at radius 3 is 2.62 bits per heavy atom. The summed E-state index contributed by atoms with van der Waals surface area (Å²) in [5, 5.41) is 5.71. The maximum atomic E-state index is 5.95. The third-order valence-corrected chi connectivity index (χ3v) is 6.52. The van der Waals surface area contributed by atoms with Crippen LogP contribution >= 0.6 is 11.8 Å². The lowest BCUT2D eigenvalue weighted by atomic mass is 10.0. The number of aryl methyl sites for hydroxylation is 4. The molecule has 3 heterocycles. The van der Waals surface area contributed by atoms with Crippen molar-refractivity contribution in [1.82, 2.24) is 19.6 Å². The summed E-state index contributed by atoms with van der Waals surface area (Å²) in [6, 6.07) is 16.8. The summed E-state index contributed by atoms with van der Waals surface area (Å²) in [5.41, 5.74) is 8.68. The van der Waals surface area contributed by atoms with Crippen LogP contribution in [0.2, 0.25) is 0 Å². The van der Waals surface area contributed by atoms with Gasteiger partial charge in [-0.25, -0.2) is 14.5 Å². The van der Waals surface area contributed by atoms with Gasteiger partial charge in [-0.1, -0.05) is 53.2 Å². The first-order valence-corrected chi connectivity index (χ1v) is 11.5. The predicted molar refractivity (Wildman–Crippen MR) is 129 cm³/mol. The molecular weight excluding hydrogens is 416 g/mol. The van der Waals surface area contributed by atoms with Crippen molar-refractivity contribution < 1.29 is 4.42 Å². The van der Waals surface area contributed by atoms with Crippen molar-refractivity contribution in [3.63, 3.8) is 0 Å². The molecule has 0 saturated carbocycles. The van der Waals surface area contributed by atoms with Crippen LogP contribution in [0.25, 0.3) is 28.2 Å². The molecule has 0 fully saturated rings. The van der Waals surface area contributed by atoms with Crippen molar-refractivity contribution in [2.75, 3.05) is 0 Å². The number of nitrogens with zero attached hydrogens (tertiary/aromatic N) is 4. The van der Waals surface area contributed by atoms with Crippen LogP contribution in [0, 0.1) is 27.7 Å². The van der Waals surface area contributed by atoms with Gasteiger partial charge < -0.3 is 4.42 Å². The minimum Gasteiger partial charge on any atom is -0.441 e. The number of rotatable bonds is 5. The van der Waals surface area contributed by atoms with Crippen molar-refractivity contribution in [2.24, 2.45) is 0 Å². The lowest BCUT2D eigenvalue weighted by molar-refractivity contribution is 0.540. The van der Waals surface area contributed by atoms with Gasteiger partial charge in [-0.2, -0.15) is 5.10 Å². The lowest BCUT2D eigenvalue weighted by Crippen LogP contribution is -1.92. The van der Waals surface area contributed by atoms with Gasteiger partial charge >= 0.3 is 0 Å². The molecule has 2 aromatic carbocycles. The fourth-order valence-corrected chi connectivity index (χ4v) is 4.82. The first kappa shape index (κ1) is 20.5. The van der Waals surface area contributed by atoms with Gasteiger partial charge in [0.25, 0.3) is 0 Å². The van der Waals surface area contributed by atoms with Crippen LogP contribution in [0.5, 0.6) is 0 Å². The Labute approximate surface area is 191 Å². The van der Waals surface area contributed by atoms with Gasteiger partial charge in [0, 0.05) is 29.3 Å². The van der Waals surface area contributed by atoms with Crippen molar-refractivity contribution in [1.29, 1.82) is 0 Å². The molecule has 5 rings (SSSR count). The Kier molecular flexibility index (Phi) is 5.31. The van der Waals surface area contributed by atoms with Crippen molar-refractivity contribution >= 4 is 17.3 Å². The van der Waals surface area contributed by atoms with Crippen LogP contribution in [0.1, 0.15) is 28.1 Å². The van der Waals surface area contributed by atoms with E-state index < -0.39 is 0 Å². The Hall–Kier alpha value is -3.38. The van der Waals surface area contributed by atoms with Crippen molar-refractivity contribution in [3.05, 3.63) is 89.1 Å². The van der Waals surface area contributed by atoms with Gasteiger partial charge in [0.2, 0.25) is 5.89 Å². The molecule has 6 heteroatoms. The zero-order chi connectivity index (χ0) is 22.2. The summed E-state index contributed by atoms with van der Waals surface area (Å²) in [6.45, 7) is 8.27. The van der Waals surface area contributed by atoms with E-state index in [0.29, 0.717) is 11.6 Å². The van der Waals surface area contributed by atoms with E-state index in [-0.39, 0.29) is 0 Å². The second-order valence-electron chi connectivity index (χ2n) is 8.09. The molecule has 0 radical (unpaired) electrons. The molecule has 160 valence electrons. The largest absolute Gasteiger partial charge is 0.441 e. The number of oxazole rings is 1. The molecule has 5 nitrogen and oxygen atoms in total. The number of hydrogen-bond acceptors (Lipinski definition) is 5. The second kappa shape index (κ2) is 8.28. The second-order valence-corrected chi connectivity index (χ2v) is 9.05. The monoisotopic (exact) mass is 440 g/mol. The highest BCUT2D eigenvalue weighted by molar-refractivity contribution is 7.98. The average Bonchev–Trinajstić information content (AvgIpc) is 3.36. The van der Waals surface area contributed by atoms with Crippen LogP contribution in [0.15, 0.2) is 70.4 Å². The SMILES string of the molecule is Cc1cccc(-c2nc(CSc3nccn4nc(-c5ccc(C)cc5C)cc34)c(C)o2)c1. The Balaban J connectivity index is 1.42. The molecule has 0 N–H and O–H groups in total. The van der Waals surface area contributed by atoms with Gasteiger partial charge in [-0.15, -0.1) is 0 Å². The van der Waals surface area contributed by atoms with Crippen molar-refractivity contribution in [3.8, 4) is 22.7 Å². The fraction of sp³-hybridized carbons (Fsp3) is 0.192. The Bertz CT molecular complexity index is 1430. The molecular formula is C26H24N4OS. The molecule has 3 aromatic heterocycles. The summed E-state index contributed by atoms with van der Waals surface area (Å²) in [7, 11) is 0. The zero-order valence-corrected chi connectivity index (χ0v) is 19.4. The maximum Gasteiger partial charge on any atom is 0.226 e. The number of hydrogen-bond donors (Lipinski definition) is 0. The Morgan fingerprint density at radius 1 is 0.969 bits per heavy atom. The van der Waals surface area contributed by atoms with Crippen LogP contribution in [-0.4, -0.2) is 19.6 Å². The minimum atomic E-state index is 0.662. The van der Waals surface area contributed by atoms with E-state index in [9.17, 15) is 0 Å². The predicted octanol–water partition coefficient (Wildman–Crippen LogP) is 6.58. The topological polar surface area (TPSA) is 56.2 Å². The van der Waals surface area contributed by atoms with Gasteiger partial charge in [0.05, 0.1) is 16.9 Å². The highest BCUT2D eigenvalue weighted by Crippen LogP contribution is 2.31. The molecule has 0 aliphatic rings.